The molecule has 0 aliphatic carbocycles. The van der Waals surface area contributed by atoms with Gasteiger partial charge in [-0.2, -0.15) is 0 Å². The lowest BCUT2D eigenvalue weighted by molar-refractivity contribution is 0.103. The molecule has 0 N–H and O–H groups in total. The first-order valence-corrected chi connectivity index (χ1v) is 7.14. The van der Waals surface area contributed by atoms with Crippen LogP contribution in [0.4, 0.5) is 0 Å². The average Bonchev–Trinajstić information content (AvgIpc) is 2.52. The van der Waals surface area contributed by atoms with Crippen LogP contribution in [0.1, 0.15) is 29.3 Å². The van der Waals surface area contributed by atoms with Crippen molar-refractivity contribution in [3.63, 3.8) is 0 Å². The Morgan fingerprint density at radius 1 is 1.19 bits per heavy atom. The molecule has 2 aromatic rings. The van der Waals surface area contributed by atoms with Gasteiger partial charge >= 0.3 is 0 Å². The van der Waals surface area contributed by atoms with Gasteiger partial charge in [0.15, 0.2) is 5.78 Å². The molecule has 21 heavy (non-hydrogen) atoms. The Balaban J connectivity index is 2.33. The van der Waals surface area contributed by atoms with Crippen molar-refractivity contribution in [2.45, 2.75) is 13.3 Å². The predicted molar refractivity (Wildman–Crippen MR) is 83.7 cm³/mol. The number of halogens is 1. The van der Waals surface area contributed by atoms with Crippen molar-refractivity contribution in [1.29, 1.82) is 0 Å². The van der Waals surface area contributed by atoms with Crippen molar-refractivity contribution >= 4 is 17.4 Å². The fourth-order valence-corrected chi connectivity index (χ4v) is 2.13. The van der Waals surface area contributed by atoms with Gasteiger partial charge in [-0.05, 0) is 36.8 Å². The average molecular weight is 305 g/mol. The fraction of sp³-hybridized carbons (Fsp3) is 0.235. The Morgan fingerprint density at radius 2 is 2.00 bits per heavy atom. The molecule has 0 aromatic heterocycles. The first kappa shape index (κ1) is 15.4. The first-order chi connectivity index (χ1) is 10.2. The van der Waals surface area contributed by atoms with E-state index in [1.165, 1.54) is 7.11 Å². The molecule has 0 bridgehead atoms. The summed E-state index contributed by atoms with van der Waals surface area (Å²) < 4.78 is 10.8. The van der Waals surface area contributed by atoms with E-state index in [0.29, 0.717) is 34.3 Å². The van der Waals surface area contributed by atoms with Gasteiger partial charge in [0, 0.05) is 10.6 Å². The van der Waals surface area contributed by atoms with Gasteiger partial charge in [-0.25, -0.2) is 0 Å². The zero-order valence-corrected chi connectivity index (χ0v) is 12.8. The molecule has 0 spiro atoms. The molecule has 110 valence electrons. The number of hydrogen-bond donors (Lipinski definition) is 0. The van der Waals surface area contributed by atoms with E-state index in [9.17, 15) is 4.79 Å². The highest BCUT2D eigenvalue weighted by Crippen LogP contribution is 2.26. The standard InChI is InChI=1S/C17H17ClO3/c1-3-9-21-14-6-4-5-12(10-14)17(19)15-11-13(18)7-8-16(15)20-2/h4-8,10-11H,3,9H2,1-2H3. The molecule has 0 unspecified atom stereocenters. The minimum atomic E-state index is -0.142. The van der Waals surface area contributed by atoms with Crippen molar-refractivity contribution < 1.29 is 14.3 Å². The Bertz CT molecular complexity index is 638. The van der Waals surface area contributed by atoms with Gasteiger partial charge in [0.05, 0.1) is 19.3 Å². The largest absolute Gasteiger partial charge is 0.496 e. The molecule has 4 heteroatoms. The monoisotopic (exact) mass is 304 g/mol. The molecule has 0 atom stereocenters. The van der Waals surface area contributed by atoms with Gasteiger partial charge in [0.1, 0.15) is 11.5 Å². The van der Waals surface area contributed by atoms with E-state index < -0.39 is 0 Å². The van der Waals surface area contributed by atoms with Crippen LogP contribution in [-0.2, 0) is 0 Å². The Hall–Kier alpha value is -2.00. The summed E-state index contributed by atoms with van der Waals surface area (Å²) in [5.74, 6) is 1.05. The van der Waals surface area contributed by atoms with Crippen molar-refractivity contribution in [3.05, 3.63) is 58.6 Å². The van der Waals surface area contributed by atoms with Gasteiger partial charge in [0.2, 0.25) is 0 Å². The molecule has 0 saturated heterocycles. The second kappa shape index (κ2) is 7.14. The third kappa shape index (κ3) is 3.76. The summed E-state index contributed by atoms with van der Waals surface area (Å²) in [6.45, 7) is 2.66. The van der Waals surface area contributed by atoms with E-state index in [4.69, 9.17) is 21.1 Å². The van der Waals surface area contributed by atoms with Crippen LogP contribution in [0.5, 0.6) is 11.5 Å². The Morgan fingerprint density at radius 3 is 2.71 bits per heavy atom. The topological polar surface area (TPSA) is 35.5 Å². The molecule has 3 nitrogen and oxygen atoms in total. The zero-order valence-electron chi connectivity index (χ0n) is 12.1. The molecule has 0 aliphatic rings. The van der Waals surface area contributed by atoms with Crippen LogP contribution in [-0.4, -0.2) is 19.5 Å². The van der Waals surface area contributed by atoms with Crippen LogP contribution in [0.2, 0.25) is 5.02 Å². The SMILES string of the molecule is CCCOc1cccc(C(=O)c2cc(Cl)ccc2OC)c1. The molecular weight excluding hydrogens is 288 g/mol. The number of benzene rings is 2. The summed E-state index contributed by atoms with van der Waals surface area (Å²) >= 11 is 5.97. The number of carbonyl (C=O) groups is 1. The van der Waals surface area contributed by atoms with E-state index in [1.54, 1.807) is 36.4 Å². The maximum atomic E-state index is 12.6. The lowest BCUT2D eigenvalue weighted by atomic mass is 10.0. The van der Waals surface area contributed by atoms with Gasteiger partial charge in [-0.15, -0.1) is 0 Å². The highest BCUT2D eigenvalue weighted by atomic mass is 35.5. The maximum Gasteiger partial charge on any atom is 0.196 e. The summed E-state index contributed by atoms with van der Waals surface area (Å²) in [6, 6.07) is 12.1. The quantitative estimate of drug-likeness (QED) is 0.743. The molecule has 0 aliphatic heterocycles. The molecule has 0 saturated carbocycles. The number of ether oxygens (including phenoxy) is 2. The van der Waals surface area contributed by atoms with Crippen LogP contribution in [0, 0.1) is 0 Å². The Kier molecular flexibility index (Phi) is 5.23. The van der Waals surface area contributed by atoms with Crippen molar-refractivity contribution in [2.24, 2.45) is 0 Å². The van der Waals surface area contributed by atoms with E-state index in [0.717, 1.165) is 6.42 Å². The molecule has 2 aromatic carbocycles. The fourth-order valence-electron chi connectivity index (χ4n) is 1.96. The number of ketones is 1. The number of methoxy groups -OCH3 is 1. The van der Waals surface area contributed by atoms with E-state index in [1.807, 2.05) is 13.0 Å². The maximum absolute atomic E-state index is 12.6. The second-order valence-electron chi connectivity index (χ2n) is 4.55. The summed E-state index contributed by atoms with van der Waals surface area (Å²) in [5, 5.41) is 0.498. The highest BCUT2D eigenvalue weighted by molar-refractivity contribution is 6.31. The second-order valence-corrected chi connectivity index (χ2v) is 4.99. The lowest BCUT2D eigenvalue weighted by Crippen LogP contribution is -2.05. The minimum Gasteiger partial charge on any atom is -0.496 e. The summed E-state index contributed by atoms with van der Waals surface area (Å²) in [6.07, 6.45) is 0.917. The van der Waals surface area contributed by atoms with Crippen LogP contribution >= 0.6 is 11.6 Å². The minimum absolute atomic E-state index is 0.142. The smallest absolute Gasteiger partial charge is 0.196 e. The third-order valence-corrected chi connectivity index (χ3v) is 3.21. The van der Waals surface area contributed by atoms with Crippen molar-refractivity contribution in [1.82, 2.24) is 0 Å². The van der Waals surface area contributed by atoms with Gasteiger partial charge < -0.3 is 9.47 Å². The molecule has 0 amide bonds. The normalized spacial score (nSPS) is 10.2. The van der Waals surface area contributed by atoms with Gasteiger partial charge in [0.25, 0.3) is 0 Å². The van der Waals surface area contributed by atoms with Crippen molar-refractivity contribution in [2.75, 3.05) is 13.7 Å². The zero-order chi connectivity index (χ0) is 15.2. The predicted octanol–water partition coefficient (Wildman–Crippen LogP) is 4.37. The van der Waals surface area contributed by atoms with Crippen molar-refractivity contribution in [3.8, 4) is 11.5 Å². The summed E-state index contributed by atoms with van der Waals surface area (Å²) in [7, 11) is 1.53. The Labute approximate surface area is 129 Å². The lowest BCUT2D eigenvalue weighted by Gasteiger charge is -2.10. The summed E-state index contributed by atoms with van der Waals surface area (Å²) in [4.78, 5) is 12.6. The third-order valence-electron chi connectivity index (χ3n) is 2.98. The molecule has 2 rings (SSSR count). The van der Waals surface area contributed by atoms with E-state index in [-0.39, 0.29) is 5.78 Å². The number of hydrogen-bond acceptors (Lipinski definition) is 3. The van der Waals surface area contributed by atoms with Crippen LogP contribution in [0.25, 0.3) is 0 Å². The van der Waals surface area contributed by atoms with Gasteiger partial charge in [-0.3, -0.25) is 4.79 Å². The van der Waals surface area contributed by atoms with E-state index >= 15 is 0 Å². The van der Waals surface area contributed by atoms with E-state index in [2.05, 4.69) is 0 Å². The first-order valence-electron chi connectivity index (χ1n) is 6.76. The molecule has 0 heterocycles. The molecular formula is C17H17ClO3. The van der Waals surface area contributed by atoms with Crippen LogP contribution in [0.3, 0.4) is 0 Å². The number of rotatable bonds is 6. The van der Waals surface area contributed by atoms with Crippen LogP contribution in [0.15, 0.2) is 42.5 Å². The number of carbonyl (C=O) groups excluding carboxylic acids is 1. The van der Waals surface area contributed by atoms with Crippen LogP contribution < -0.4 is 9.47 Å². The molecule has 0 fully saturated rings. The summed E-state index contributed by atoms with van der Waals surface area (Å²) in [5.41, 5.74) is 0.988. The molecule has 0 radical (unpaired) electrons. The van der Waals surface area contributed by atoms with Gasteiger partial charge in [-0.1, -0.05) is 30.7 Å². The highest BCUT2D eigenvalue weighted by Gasteiger charge is 2.15.